The Balaban J connectivity index is 1.42. The van der Waals surface area contributed by atoms with Crippen molar-refractivity contribution in [1.82, 2.24) is 9.88 Å². The maximum atomic E-state index is 13.0. The van der Waals surface area contributed by atoms with Crippen molar-refractivity contribution in [2.24, 2.45) is 0 Å². The lowest BCUT2D eigenvalue weighted by atomic mass is 10.0. The van der Waals surface area contributed by atoms with Gasteiger partial charge in [-0.3, -0.25) is 0 Å². The summed E-state index contributed by atoms with van der Waals surface area (Å²) in [7, 11) is 0. The molecule has 1 aliphatic heterocycles. The molecule has 31 heavy (non-hydrogen) atoms. The quantitative estimate of drug-likeness (QED) is 0.420. The number of anilines is 1. The van der Waals surface area contributed by atoms with Crippen molar-refractivity contribution in [2.75, 3.05) is 11.9 Å². The van der Waals surface area contributed by atoms with Gasteiger partial charge in [0.25, 0.3) is 0 Å². The minimum absolute atomic E-state index is 0.111. The molecule has 5 rings (SSSR count). The molecule has 0 aliphatic carbocycles. The van der Waals surface area contributed by atoms with Gasteiger partial charge >= 0.3 is 6.03 Å². The van der Waals surface area contributed by atoms with Crippen molar-refractivity contribution in [2.45, 2.75) is 32.7 Å². The number of urea groups is 1. The van der Waals surface area contributed by atoms with Crippen LogP contribution in [0.15, 0.2) is 71.1 Å². The Bertz CT molecular complexity index is 1260. The largest absolute Gasteiger partial charge is 0.438 e. The van der Waals surface area contributed by atoms with Crippen LogP contribution in [-0.4, -0.2) is 22.5 Å². The van der Waals surface area contributed by atoms with Crippen LogP contribution in [0, 0.1) is 13.8 Å². The summed E-state index contributed by atoms with van der Waals surface area (Å²) < 4.78 is 6.09. The van der Waals surface area contributed by atoms with E-state index in [1.54, 1.807) is 0 Å². The van der Waals surface area contributed by atoms with Gasteiger partial charge in [-0.05, 0) is 67.1 Å². The van der Waals surface area contributed by atoms with E-state index in [0.717, 1.165) is 40.8 Å². The maximum Gasteiger partial charge on any atom is 0.322 e. The summed E-state index contributed by atoms with van der Waals surface area (Å²) in [6, 6.07) is 22.0. The molecule has 1 fully saturated rings. The molecule has 1 aromatic heterocycles. The third-order valence-electron chi connectivity index (χ3n) is 6.05. The monoisotopic (exact) mass is 411 g/mol. The van der Waals surface area contributed by atoms with Gasteiger partial charge < -0.3 is 14.6 Å². The van der Waals surface area contributed by atoms with Crippen molar-refractivity contribution < 1.29 is 9.21 Å². The van der Waals surface area contributed by atoms with Crippen LogP contribution in [0.1, 0.15) is 35.9 Å². The minimum atomic E-state index is -0.154. The average molecular weight is 412 g/mol. The summed E-state index contributed by atoms with van der Waals surface area (Å²) in [6.45, 7) is 4.79. The molecule has 1 unspecified atom stereocenters. The van der Waals surface area contributed by atoms with Crippen LogP contribution in [0.5, 0.6) is 0 Å². The number of carbonyl (C=O) groups excluding carboxylic acids is 1. The molecular weight excluding hydrogens is 386 g/mol. The highest BCUT2D eigenvalue weighted by Crippen LogP contribution is 2.35. The lowest BCUT2D eigenvalue weighted by Gasteiger charge is -2.23. The van der Waals surface area contributed by atoms with E-state index in [2.05, 4.69) is 36.5 Å². The van der Waals surface area contributed by atoms with Crippen LogP contribution in [0.4, 0.5) is 10.5 Å². The number of hydrogen-bond acceptors (Lipinski definition) is 3. The SMILES string of the molecule is Cc1ccccc1NC(=O)N1CCCC1c1nc2cc(-c3ccccc3C)ccc2o1. The standard InChI is InChI=1S/C26H25N3O2/c1-17-8-3-5-10-20(17)19-13-14-24-22(16-19)27-25(31-24)23-12-7-15-29(23)26(30)28-21-11-6-4-9-18(21)2/h3-6,8-11,13-14,16,23H,7,12,15H2,1-2H3,(H,28,30). The zero-order chi connectivity index (χ0) is 21.4. The molecule has 0 radical (unpaired) electrons. The van der Waals surface area contributed by atoms with Crippen molar-refractivity contribution >= 4 is 22.8 Å². The molecule has 156 valence electrons. The van der Waals surface area contributed by atoms with E-state index in [9.17, 15) is 4.79 Å². The Labute approximate surface area is 181 Å². The number of fused-ring (bicyclic) bond motifs is 1. The van der Waals surface area contributed by atoms with Gasteiger partial charge in [0.2, 0.25) is 5.89 Å². The predicted octanol–water partition coefficient (Wildman–Crippen LogP) is 6.48. The topological polar surface area (TPSA) is 58.4 Å². The number of nitrogens with zero attached hydrogens (tertiary/aromatic N) is 2. The molecule has 2 heterocycles. The fourth-order valence-corrected chi connectivity index (χ4v) is 4.32. The molecule has 5 heteroatoms. The minimum Gasteiger partial charge on any atom is -0.438 e. The highest BCUT2D eigenvalue weighted by molar-refractivity contribution is 5.90. The predicted molar refractivity (Wildman–Crippen MR) is 123 cm³/mol. The first-order valence-electron chi connectivity index (χ1n) is 10.7. The van der Waals surface area contributed by atoms with Gasteiger partial charge in [0.05, 0.1) is 0 Å². The first-order chi connectivity index (χ1) is 15.1. The summed E-state index contributed by atoms with van der Waals surface area (Å²) in [5, 5.41) is 3.04. The first kappa shape index (κ1) is 19.4. The third kappa shape index (κ3) is 3.67. The van der Waals surface area contributed by atoms with Gasteiger partial charge in [0, 0.05) is 12.2 Å². The fourth-order valence-electron chi connectivity index (χ4n) is 4.32. The lowest BCUT2D eigenvalue weighted by molar-refractivity contribution is 0.199. The average Bonchev–Trinajstić information content (AvgIpc) is 3.42. The van der Waals surface area contributed by atoms with Crippen LogP contribution in [-0.2, 0) is 0 Å². The van der Waals surface area contributed by atoms with E-state index in [-0.39, 0.29) is 12.1 Å². The van der Waals surface area contributed by atoms with Crippen LogP contribution < -0.4 is 5.32 Å². The molecule has 5 nitrogen and oxygen atoms in total. The van der Waals surface area contributed by atoms with Gasteiger partial charge in [-0.1, -0.05) is 48.5 Å². The maximum absolute atomic E-state index is 13.0. The molecule has 1 saturated heterocycles. The highest BCUT2D eigenvalue weighted by atomic mass is 16.4. The second kappa shape index (κ2) is 7.91. The highest BCUT2D eigenvalue weighted by Gasteiger charge is 2.33. The zero-order valence-electron chi connectivity index (χ0n) is 17.8. The van der Waals surface area contributed by atoms with Crippen molar-refractivity contribution in [3.8, 4) is 11.1 Å². The molecule has 1 atom stereocenters. The number of oxazole rings is 1. The molecular formula is C26H25N3O2. The number of para-hydroxylation sites is 1. The zero-order valence-corrected chi connectivity index (χ0v) is 17.8. The lowest BCUT2D eigenvalue weighted by Crippen LogP contribution is -2.34. The van der Waals surface area contributed by atoms with Gasteiger partial charge in [-0.15, -0.1) is 0 Å². The van der Waals surface area contributed by atoms with Crippen LogP contribution in [0.25, 0.3) is 22.2 Å². The molecule has 0 bridgehead atoms. The Hall–Kier alpha value is -3.60. The Morgan fingerprint density at radius 1 is 1.03 bits per heavy atom. The van der Waals surface area contributed by atoms with E-state index in [1.165, 1.54) is 11.1 Å². The van der Waals surface area contributed by atoms with Gasteiger partial charge in [0.15, 0.2) is 5.58 Å². The van der Waals surface area contributed by atoms with Gasteiger partial charge in [-0.25, -0.2) is 9.78 Å². The van der Waals surface area contributed by atoms with E-state index in [0.29, 0.717) is 12.4 Å². The summed E-state index contributed by atoms with van der Waals surface area (Å²) in [5.41, 5.74) is 6.97. The molecule has 2 amide bonds. The second-order valence-corrected chi connectivity index (χ2v) is 8.15. The summed E-state index contributed by atoms with van der Waals surface area (Å²) in [6.07, 6.45) is 1.78. The molecule has 0 saturated carbocycles. The van der Waals surface area contributed by atoms with Gasteiger partial charge in [0.1, 0.15) is 11.6 Å². The van der Waals surface area contributed by atoms with Crippen molar-refractivity contribution in [3.63, 3.8) is 0 Å². The third-order valence-corrected chi connectivity index (χ3v) is 6.05. The Morgan fingerprint density at radius 2 is 1.81 bits per heavy atom. The smallest absolute Gasteiger partial charge is 0.322 e. The first-order valence-corrected chi connectivity index (χ1v) is 10.7. The molecule has 4 aromatic rings. The summed E-state index contributed by atoms with van der Waals surface area (Å²) >= 11 is 0. The van der Waals surface area contributed by atoms with E-state index < -0.39 is 0 Å². The molecule has 1 N–H and O–H groups in total. The number of likely N-dealkylation sites (tertiary alicyclic amines) is 1. The number of aromatic nitrogens is 1. The van der Waals surface area contributed by atoms with Crippen LogP contribution in [0.3, 0.4) is 0 Å². The molecule has 0 spiro atoms. The van der Waals surface area contributed by atoms with E-state index >= 15 is 0 Å². The molecule has 3 aromatic carbocycles. The number of amides is 2. The second-order valence-electron chi connectivity index (χ2n) is 8.15. The summed E-state index contributed by atoms with van der Waals surface area (Å²) in [4.78, 5) is 19.6. The van der Waals surface area contributed by atoms with Crippen LogP contribution in [0.2, 0.25) is 0 Å². The number of benzene rings is 3. The summed E-state index contributed by atoms with van der Waals surface area (Å²) in [5.74, 6) is 0.606. The Kier molecular flexibility index (Phi) is 4.94. The van der Waals surface area contributed by atoms with E-state index in [4.69, 9.17) is 9.40 Å². The number of aryl methyl sites for hydroxylation is 2. The number of hydrogen-bond donors (Lipinski definition) is 1. The molecule has 1 aliphatic rings. The normalized spacial score (nSPS) is 16.1. The van der Waals surface area contributed by atoms with Crippen LogP contribution >= 0.6 is 0 Å². The van der Waals surface area contributed by atoms with Crippen molar-refractivity contribution in [1.29, 1.82) is 0 Å². The van der Waals surface area contributed by atoms with Crippen molar-refractivity contribution in [3.05, 3.63) is 83.7 Å². The Morgan fingerprint density at radius 3 is 2.61 bits per heavy atom. The number of rotatable bonds is 3. The van der Waals surface area contributed by atoms with Gasteiger partial charge in [-0.2, -0.15) is 0 Å². The number of carbonyl (C=O) groups is 1. The van der Waals surface area contributed by atoms with E-state index in [1.807, 2.05) is 54.3 Å². The fraction of sp³-hybridized carbons (Fsp3) is 0.231. The number of nitrogens with one attached hydrogen (secondary N) is 1.